The van der Waals surface area contributed by atoms with Gasteiger partial charge >= 0.3 is 0 Å². The molecule has 0 radical (unpaired) electrons. The molecule has 4 nitrogen and oxygen atoms in total. The predicted octanol–water partition coefficient (Wildman–Crippen LogP) is 3.85. The number of benzene rings is 2. The molecular weight excluding hydrogens is 324 g/mol. The number of pyridine rings is 1. The number of methoxy groups -OCH3 is 1. The maximum atomic E-state index is 5.97. The Labute approximate surface area is 153 Å². The van der Waals surface area contributed by atoms with E-state index in [1.54, 1.807) is 7.11 Å². The maximum absolute atomic E-state index is 5.97. The minimum absolute atomic E-state index is 0.196. The standard InChI is InChI=1S/C22H22N2O2/c1-25-20-7-4-6-17(10-20)19-9-16(12-23-14-19)13-24-15-21-11-18-5-2-3-8-22(18)26-21/h2-10,12,14,21,24H,11,13,15H2,1H3. The van der Waals surface area contributed by atoms with Gasteiger partial charge in [-0.3, -0.25) is 4.98 Å². The Morgan fingerprint density at radius 3 is 2.88 bits per heavy atom. The van der Waals surface area contributed by atoms with Crippen LogP contribution in [0, 0.1) is 0 Å². The summed E-state index contributed by atoms with van der Waals surface area (Å²) in [4.78, 5) is 4.39. The lowest BCUT2D eigenvalue weighted by Gasteiger charge is -2.12. The Morgan fingerprint density at radius 1 is 1.08 bits per heavy atom. The van der Waals surface area contributed by atoms with Crippen LogP contribution in [0.15, 0.2) is 67.0 Å². The summed E-state index contributed by atoms with van der Waals surface area (Å²) in [6.07, 6.45) is 4.95. The van der Waals surface area contributed by atoms with Crippen molar-refractivity contribution in [1.29, 1.82) is 0 Å². The van der Waals surface area contributed by atoms with E-state index >= 15 is 0 Å². The second-order valence-electron chi connectivity index (χ2n) is 6.50. The molecule has 1 aliphatic heterocycles. The van der Waals surface area contributed by atoms with Gasteiger partial charge in [-0.25, -0.2) is 0 Å². The second kappa shape index (κ2) is 7.58. The van der Waals surface area contributed by atoms with E-state index in [-0.39, 0.29) is 6.10 Å². The summed E-state index contributed by atoms with van der Waals surface area (Å²) in [7, 11) is 1.68. The fourth-order valence-electron chi connectivity index (χ4n) is 3.29. The zero-order chi connectivity index (χ0) is 17.8. The minimum Gasteiger partial charge on any atom is -0.497 e. The molecule has 0 spiro atoms. The quantitative estimate of drug-likeness (QED) is 0.736. The van der Waals surface area contributed by atoms with E-state index in [1.165, 1.54) is 5.56 Å². The Kier molecular flexibility index (Phi) is 4.84. The molecule has 0 saturated carbocycles. The van der Waals surface area contributed by atoms with Crippen LogP contribution in [0.1, 0.15) is 11.1 Å². The number of nitrogens with zero attached hydrogens (tertiary/aromatic N) is 1. The van der Waals surface area contributed by atoms with Crippen molar-refractivity contribution in [2.45, 2.75) is 19.1 Å². The number of nitrogens with one attached hydrogen (secondary N) is 1. The monoisotopic (exact) mass is 346 g/mol. The van der Waals surface area contributed by atoms with E-state index in [1.807, 2.05) is 42.7 Å². The van der Waals surface area contributed by atoms with Crippen molar-refractivity contribution in [2.75, 3.05) is 13.7 Å². The molecule has 26 heavy (non-hydrogen) atoms. The number of fused-ring (bicyclic) bond motifs is 1. The Morgan fingerprint density at radius 2 is 2.00 bits per heavy atom. The molecule has 1 aromatic heterocycles. The van der Waals surface area contributed by atoms with Crippen molar-refractivity contribution >= 4 is 0 Å². The van der Waals surface area contributed by atoms with Gasteiger partial charge in [-0.1, -0.05) is 30.3 Å². The van der Waals surface area contributed by atoms with E-state index in [9.17, 15) is 0 Å². The first-order valence-electron chi connectivity index (χ1n) is 8.85. The Balaban J connectivity index is 1.36. The molecule has 4 rings (SSSR count). The van der Waals surface area contributed by atoms with E-state index in [4.69, 9.17) is 9.47 Å². The zero-order valence-electron chi connectivity index (χ0n) is 14.8. The molecule has 1 unspecified atom stereocenters. The lowest BCUT2D eigenvalue weighted by atomic mass is 10.1. The smallest absolute Gasteiger partial charge is 0.123 e. The third-order valence-corrected chi connectivity index (χ3v) is 4.61. The van der Waals surface area contributed by atoms with Gasteiger partial charge in [-0.15, -0.1) is 0 Å². The van der Waals surface area contributed by atoms with Crippen molar-refractivity contribution in [2.24, 2.45) is 0 Å². The van der Waals surface area contributed by atoms with Crippen LogP contribution in [-0.2, 0) is 13.0 Å². The molecule has 0 saturated heterocycles. The van der Waals surface area contributed by atoms with Crippen molar-refractivity contribution in [3.63, 3.8) is 0 Å². The van der Waals surface area contributed by atoms with Crippen LogP contribution in [0.5, 0.6) is 11.5 Å². The molecule has 1 atom stereocenters. The van der Waals surface area contributed by atoms with Gasteiger partial charge in [0.1, 0.15) is 17.6 Å². The molecule has 0 amide bonds. The van der Waals surface area contributed by atoms with Gasteiger partial charge in [0, 0.05) is 37.5 Å². The van der Waals surface area contributed by atoms with Crippen molar-refractivity contribution in [3.8, 4) is 22.6 Å². The molecule has 3 aromatic rings. The van der Waals surface area contributed by atoms with E-state index in [0.717, 1.165) is 47.7 Å². The average molecular weight is 346 g/mol. The fourth-order valence-corrected chi connectivity index (χ4v) is 3.29. The third-order valence-electron chi connectivity index (χ3n) is 4.61. The van der Waals surface area contributed by atoms with Gasteiger partial charge in [0.25, 0.3) is 0 Å². The Bertz CT molecular complexity index is 870. The molecule has 0 fully saturated rings. The molecule has 2 heterocycles. The second-order valence-corrected chi connectivity index (χ2v) is 6.50. The molecule has 1 aliphatic rings. The summed E-state index contributed by atoms with van der Waals surface area (Å²) in [6.45, 7) is 1.58. The number of hydrogen-bond acceptors (Lipinski definition) is 4. The SMILES string of the molecule is COc1cccc(-c2cncc(CNCC3Cc4ccccc4O3)c2)c1. The van der Waals surface area contributed by atoms with Gasteiger partial charge in [0.05, 0.1) is 7.11 Å². The topological polar surface area (TPSA) is 43.4 Å². The summed E-state index contributed by atoms with van der Waals surface area (Å²) >= 11 is 0. The Hall–Kier alpha value is -2.85. The van der Waals surface area contributed by atoms with Crippen LogP contribution in [0.2, 0.25) is 0 Å². The van der Waals surface area contributed by atoms with Gasteiger partial charge in [-0.05, 0) is 41.0 Å². The number of hydrogen-bond donors (Lipinski definition) is 1. The summed E-state index contributed by atoms with van der Waals surface area (Å²) in [5.74, 6) is 1.87. The average Bonchev–Trinajstić information content (AvgIpc) is 3.11. The maximum Gasteiger partial charge on any atom is 0.123 e. The summed E-state index contributed by atoms with van der Waals surface area (Å²) in [5.41, 5.74) is 4.64. The number of rotatable bonds is 6. The molecule has 0 aliphatic carbocycles. The van der Waals surface area contributed by atoms with Gasteiger partial charge in [0.15, 0.2) is 0 Å². The van der Waals surface area contributed by atoms with E-state index < -0.39 is 0 Å². The summed E-state index contributed by atoms with van der Waals surface area (Å²) in [5, 5.41) is 3.49. The lowest BCUT2D eigenvalue weighted by molar-refractivity contribution is 0.227. The normalized spacial score (nSPS) is 15.3. The number of para-hydroxylation sites is 1. The van der Waals surface area contributed by atoms with Crippen LogP contribution < -0.4 is 14.8 Å². The highest BCUT2D eigenvalue weighted by molar-refractivity contribution is 5.64. The van der Waals surface area contributed by atoms with Crippen LogP contribution in [0.4, 0.5) is 0 Å². The minimum atomic E-state index is 0.196. The van der Waals surface area contributed by atoms with E-state index in [2.05, 4.69) is 34.6 Å². The molecule has 2 aromatic carbocycles. The first kappa shape index (κ1) is 16.6. The molecule has 4 heteroatoms. The first-order valence-corrected chi connectivity index (χ1v) is 8.85. The van der Waals surface area contributed by atoms with Crippen molar-refractivity contribution in [1.82, 2.24) is 10.3 Å². The third kappa shape index (κ3) is 3.70. The van der Waals surface area contributed by atoms with E-state index in [0.29, 0.717) is 0 Å². The van der Waals surface area contributed by atoms with Crippen LogP contribution in [0.3, 0.4) is 0 Å². The lowest BCUT2D eigenvalue weighted by Crippen LogP contribution is -2.29. The highest BCUT2D eigenvalue weighted by Gasteiger charge is 2.21. The fraction of sp³-hybridized carbons (Fsp3) is 0.227. The molecule has 1 N–H and O–H groups in total. The number of ether oxygens (including phenoxy) is 2. The zero-order valence-corrected chi connectivity index (χ0v) is 14.8. The summed E-state index contributed by atoms with van der Waals surface area (Å²) < 4.78 is 11.3. The van der Waals surface area contributed by atoms with Gasteiger partial charge in [-0.2, -0.15) is 0 Å². The predicted molar refractivity (Wildman–Crippen MR) is 102 cm³/mol. The molecule has 0 bridgehead atoms. The molecular formula is C22H22N2O2. The largest absolute Gasteiger partial charge is 0.497 e. The van der Waals surface area contributed by atoms with Crippen molar-refractivity contribution in [3.05, 3.63) is 78.1 Å². The highest BCUT2D eigenvalue weighted by atomic mass is 16.5. The van der Waals surface area contributed by atoms with Crippen LogP contribution in [-0.4, -0.2) is 24.7 Å². The van der Waals surface area contributed by atoms with Crippen LogP contribution >= 0.6 is 0 Å². The van der Waals surface area contributed by atoms with Crippen molar-refractivity contribution < 1.29 is 9.47 Å². The van der Waals surface area contributed by atoms with Crippen LogP contribution in [0.25, 0.3) is 11.1 Å². The number of aromatic nitrogens is 1. The van der Waals surface area contributed by atoms with Gasteiger partial charge in [0.2, 0.25) is 0 Å². The summed E-state index contributed by atoms with van der Waals surface area (Å²) in [6, 6.07) is 18.5. The van der Waals surface area contributed by atoms with Gasteiger partial charge < -0.3 is 14.8 Å². The first-order chi connectivity index (χ1) is 12.8. The molecule has 132 valence electrons. The highest BCUT2D eigenvalue weighted by Crippen LogP contribution is 2.28.